The Morgan fingerprint density at radius 1 is 1.07 bits per heavy atom. The summed E-state index contributed by atoms with van der Waals surface area (Å²) in [5.41, 5.74) is 1.50. The Morgan fingerprint density at radius 2 is 1.75 bits per heavy atom. The zero-order valence-corrected chi connectivity index (χ0v) is 17.6. The Hall–Kier alpha value is -1.74. The van der Waals surface area contributed by atoms with Crippen molar-refractivity contribution in [1.29, 1.82) is 0 Å². The van der Waals surface area contributed by atoms with E-state index < -0.39 is 10.0 Å². The van der Waals surface area contributed by atoms with Gasteiger partial charge in [-0.3, -0.25) is 4.79 Å². The third-order valence-corrected chi connectivity index (χ3v) is 6.97. The van der Waals surface area contributed by atoms with Crippen LogP contribution in [-0.4, -0.2) is 45.0 Å². The minimum Gasteiger partial charge on any atom is -0.370 e. The van der Waals surface area contributed by atoms with Gasteiger partial charge in [-0.05, 0) is 54.8 Å². The van der Waals surface area contributed by atoms with E-state index in [2.05, 4.69) is 20.7 Å². The Bertz CT molecular complexity index is 957. The number of rotatable bonds is 5. The van der Waals surface area contributed by atoms with Crippen LogP contribution in [0.25, 0.3) is 0 Å². The first-order valence-electron chi connectivity index (χ1n) is 9.21. The molecule has 1 aliphatic heterocycles. The molecule has 2 fully saturated rings. The molecule has 1 unspecified atom stereocenters. The summed E-state index contributed by atoms with van der Waals surface area (Å²) in [5.74, 6) is -0.121. The van der Waals surface area contributed by atoms with E-state index in [1.807, 2.05) is 24.3 Å². The van der Waals surface area contributed by atoms with Crippen LogP contribution < -0.4 is 4.72 Å². The van der Waals surface area contributed by atoms with Crippen molar-refractivity contribution in [2.45, 2.75) is 29.9 Å². The van der Waals surface area contributed by atoms with Gasteiger partial charge in [0.05, 0.1) is 18.0 Å². The molecule has 28 heavy (non-hydrogen) atoms. The van der Waals surface area contributed by atoms with Crippen molar-refractivity contribution in [3.05, 3.63) is 64.1 Å². The molecule has 0 spiro atoms. The van der Waals surface area contributed by atoms with Crippen LogP contribution in [0.1, 0.15) is 34.9 Å². The van der Waals surface area contributed by atoms with Crippen molar-refractivity contribution in [2.24, 2.45) is 0 Å². The number of carbonyl (C=O) groups excluding carboxylic acids is 1. The number of hydrogen-bond donors (Lipinski definition) is 1. The lowest BCUT2D eigenvalue weighted by Crippen LogP contribution is -2.42. The van der Waals surface area contributed by atoms with Crippen molar-refractivity contribution in [3.8, 4) is 0 Å². The van der Waals surface area contributed by atoms with Crippen molar-refractivity contribution >= 4 is 31.9 Å². The highest BCUT2D eigenvalue weighted by Crippen LogP contribution is 2.25. The van der Waals surface area contributed by atoms with Crippen LogP contribution in [0.2, 0.25) is 0 Å². The van der Waals surface area contributed by atoms with Crippen LogP contribution in [-0.2, 0) is 14.8 Å². The Labute approximate surface area is 173 Å². The van der Waals surface area contributed by atoms with Crippen LogP contribution >= 0.6 is 15.9 Å². The minimum absolute atomic E-state index is 0.0511. The number of ether oxygens (including phenoxy) is 1. The number of sulfonamides is 1. The van der Waals surface area contributed by atoms with Gasteiger partial charge in [-0.2, -0.15) is 0 Å². The summed E-state index contributed by atoms with van der Waals surface area (Å²) in [6.45, 7) is 1.43. The van der Waals surface area contributed by atoms with Crippen LogP contribution in [0, 0.1) is 0 Å². The predicted molar refractivity (Wildman–Crippen MR) is 109 cm³/mol. The molecule has 1 amide bonds. The molecule has 8 heteroatoms. The molecule has 148 valence electrons. The first-order valence-corrected chi connectivity index (χ1v) is 11.5. The summed E-state index contributed by atoms with van der Waals surface area (Å²) in [5, 5.41) is 0. The van der Waals surface area contributed by atoms with E-state index in [0.717, 1.165) is 22.9 Å². The third kappa shape index (κ3) is 4.46. The Balaban J connectivity index is 1.45. The summed E-state index contributed by atoms with van der Waals surface area (Å²) in [6.07, 6.45) is 1.59. The van der Waals surface area contributed by atoms with Gasteiger partial charge >= 0.3 is 0 Å². The molecule has 1 saturated heterocycles. The standard InChI is InChI=1S/C20H21BrN2O4S/c21-16-5-1-14(2-6-16)19-13-23(11-12-27-19)20(24)15-3-9-18(10-4-15)28(25,26)22-17-7-8-17/h1-6,9-10,17,19,22H,7-8,11-13H2. The van der Waals surface area contributed by atoms with Gasteiger partial charge in [-0.15, -0.1) is 0 Å². The van der Waals surface area contributed by atoms with Crippen molar-refractivity contribution in [3.63, 3.8) is 0 Å². The number of benzene rings is 2. The third-order valence-electron chi connectivity index (χ3n) is 4.91. The molecule has 6 nitrogen and oxygen atoms in total. The molecule has 0 aromatic heterocycles. The highest BCUT2D eigenvalue weighted by Gasteiger charge is 2.29. The lowest BCUT2D eigenvalue weighted by atomic mass is 10.1. The summed E-state index contributed by atoms with van der Waals surface area (Å²) >= 11 is 3.42. The minimum atomic E-state index is -3.51. The van der Waals surface area contributed by atoms with E-state index in [0.29, 0.717) is 25.3 Å². The van der Waals surface area contributed by atoms with Crippen molar-refractivity contribution < 1.29 is 17.9 Å². The van der Waals surface area contributed by atoms with Crippen LogP contribution in [0.4, 0.5) is 0 Å². The average molecular weight is 465 g/mol. The highest BCUT2D eigenvalue weighted by atomic mass is 79.9. The maximum absolute atomic E-state index is 12.9. The quantitative estimate of drug-likeness (QED) is 0.737. The fourth-order valence-corrected chi connectivity index (χ4v) is 4.73. The van der Waals surface area contributed by atoms with Crippen molar-refractivity contribution in [1.82, 2.24) is 9.62 Å². The van der Waals surface area contributed by atoms with Gasteiger partial charge in [-0.25, -0.2) is 13.1 Å². The van der Waals surface area contributed by atoms with Gasteiger partial charge in [-0.1, -0.05) is 28.1 Å². The topological polar surface area (TPSA) is 75.7 Å². The second-order valence-electron chi connectivity index (χ2n) is 7.08. The van der Waals surface area contributed by atoms with Crippen LogP contribution in [0.15, 0.2) is 57.9 Å². The molecule has 1 saturated carbocycles. The molecule has 1 N–H and O–H groups in total. The number of nitrogens with zero attached hydrogens (tertiary/aromatic N) is 1. The number of carbonyl (C=O) groups is 1. The molecule has 1 atom stereocenters. The van der Waals surface area contributed by atoms with Gasteiger partial charge < -0.3 is 9.64 Å². The van der Waals surface area contributed by atoms with Crippen LogP contribution in [0.5, 0.6) is 0 Å². The van der Waals surface area contributed by atoms with E-state index >= 15 is 0 Å². The molecular weight excluding hydrogens is 444 g/mol. The van der Waals surface area contributed by atoms with Gasteiger partial charge in [0, 0.05) is 22.6 Å². The molecule has 0 bridgehead atoms. The van der Waals surface area contributed by atoms with Crippen LogP contribution in [0.3, 0.4) is 0 Å². The van der Waals surface area contributed by atoms with Gasteiger partial charge in [0.15, 0.2) is 0 Å². The molecule has 2 aliphatic rings. The SMILES string of the molecule is O=C(c1ccc(S(=O)(=O)NC2CC2)cc1)N1CCOC(c2ccc(Br)cc2)C1. The summed E-state index contributed by atoms with van der Waals surface area (Å²) in [7, 11) is -3.51. The first kappa shape index (κ1) is 19.6. The number of hydrogen-bond acceptors (Lipinski definition) is 4. The lowest BCUT2D eigenvalue weighted by molar-refractivity contribution is -0.0228. The second-order valence-corrected chi connectivity index (χ2v) is 9.71. The average Bonchev–Trinajstić information content (AvgIpc) is 3.51. The maximum Gasteiger partial charge on any atom is 0.254 e. The van der Waals surface area contributed by atoms with E-state index in [9.17, 15) is 13.2 Å². The van der Waals surface area contributed by atoms with Gasteiger partial charge in [0.1, 0.15) is 6.10 Å². The zero-order valence-electron chi connectivity index (χ0n) is 15.2. The normalized spacial score (nSPS) is 20.2. The van der Waals surface area contributed by atoms with Crippen molar-refractivity contribution in [2.75, 3.05) is 19.7 Å². The maximum atomic E-state index is 12.9. The monoisotopic (exact) mass is 464 g/mol. The first-order chi connectivity index (χ1) is 13.4. The number of halogens is 1. The molecule has 2 aromatic carbocycles. The molecular formula is C20H21BrN2O4S. The number of nitrogens with one attached hydrogen (secondary N) is 1. The summed E-state index contributed by atoms with van der Waals surface area (Å²) in [4.78, 5) is 14.8. The largest absolute Gasteiger partial charge is 0.370 e. The molecule has 1 aliphatic carbocycles. The number of amides is 1. The zero-order chi connectivity index (χ0) is 19.7. The van der Waals surface area contributed by atoms with Gasteiger partial charge in [0.25, 0.3) is 5.91 Å². The fourth-order valence-electron chi connectivity index (χ4n) is 3.16. The highest BCUT2D eigenvalue weighted by molar-refractivity contribution is 9.10. The molecule has 2 aromatic rings. The second kappa shape index (κ2) is 7.94. The lowest BCUT2D eigenvalue weighted by Gasteiger charge is -2.33. The Kier molecular flexibility index (Phi) is 5.55. The fraction of sp³-hybridized carbons (Fsp3) is 0.350. The number of morpholine rings is 1. The smallest absolute Gasteiger partial charge is 0.254 e. The molecule has 0 radical (unpaired) electrons. The summed E-state index contributed by atoms with van der Waals surface area (Å²) in [6, 6.07) is 14.1. The van der Waals surface area contributed by atoms with E-state index in [1.165, 1.54) is 12.1 Å². The summed E-state index contributed by atoms with van der Waals surface area (Å²) < 4.78 is 34.0. The molecule has 4 rings (SSSR count). The molecule has 1 heterocycles. The predicted octanol–water partition coefficient (Wildman–Crippen LogP) is 3.10. The van der Waals surface area contributed by atoms with E-state index in [-0.39, 0.29) is 22.9 Å². The Morgan fingerprint density at radius 3 is 2.39 bits per heavy atom. The van der Waals surface area contributed by atoms with Gasteiger partial charge in [0.2, 0.25) is 10.0 Å². The van der Waals surface area contributed by atoms with E-state index in [4.69, 9.17) is 4.74 Å². The van der Waals surface area contributed by atoms with E-state index in [1.54, 1.807) is 17.0 Å².